The third-order valence-electron chi connectivity index (χ3n) is 4.77. The Morgan fingerprint density at radius 1 is 1.30 bits per heavy atom. The first kappa shape index (κ1) is 16.4. The van der Waals surface area contributed by atoms with Crippen LogP contribution in [0.5, 0.6) is 0 Å². The lowest BCUT2D eigenvalue weighted by molar-refractivity contribution is 0.314. The minimum atomic E-state index is -3.52. The summed E-state index contributed by atoms with van der Waals surface area (Å²) < 4.78 is 31.9. The highest BCUT2D eigenvalue weighted by molar-refractivity contribution is 7.89. The molecule has 2 heterocycles. The van der Waals surface area contributed by atoms with Crippen molar-refractivity contribution >= 4 is 21.1 Å². The van der Waals surface area contributed by atoms with E-state index in [1.54, 1.807) is 20.0 Å². The van der Waals surface area contributed by atoms with Gasteiger partial charge >= 0.3 is 0 Å². The fraction of sp³-hybridized carbons (Fsp3) is 0.625. The van der Waals surface area contributed by atoms with Gasteiger partial charge in [0.05, 0.1) is 17.3 Å². The lowest BCUT2D eigenvalue weighted by atomic mass is 9.87. The van der Waals surface area contributed by atoms with Crippen molar-refractivity contribution in [2.24, 2.45) is 5.92 Å². The van der Waals surface area contributed by atoms with Crippen LogP contribution in [0.4, 0.5) is 0 Å². The minimum absolute atomic E-state index is 0.197. The second-order valence-electron chi connectivity index (χ2n) is 6.41. The Kier molecular flexibility index (Phi) is 4.68. The number of fused-ring (bicyclic) bond motifs is 1. The van der Waals surface area contributed by atoms with Crippen LogP contribution in [0.25, 0.3) is 11.1 Å². The van der Waals surface area contributed by atoms with E-state index in [0.717, 1.165) is 6.42 Å². The van der Waals surface area contributed by atoms with E-state index in [1.807, 2.05) is 0 Å². The molecule has 0 radical (unpaired) electrons. The molecule has 6 nitrogen and oxygen atoms in total. The Hall–Kier alpha value is -1.47. The quantitative estimate of drug-likeness (QED) is 0.838. The second-order valence-corrected chi connectivity index (χ2v) is 8.46. The van der Waals surface area contributed by atoms with Crippen molar-refractivity contribution in [1.29, 1.82) is 0 Å². The first-order chi connectivity index (χ1) is 11.0. The predicted molar refractivity (Wildman–Crippen MR) is 87.5 cm³/mol. The molecular formula is C16H23N3O3S. The third kappa shape index (κ3) is 3.40. The van der Waals surface area contributed by atoms with E-state index in [0.29, 0.717) is 29.3 Å². The van der Waals surface area contributed by atoms with Crippen LogP contribution in [0.3, 0.4) is 0 Å². The van der Waals surface area contributed by atoms with Crippen LogP contribution < -0.4 is 0 Å². The summed E-state index contributed by atoms with van der Waals surface area (Å²) in [6.45, 7) is 2.32. The van der Waals surface area contributed by atoms with Gasteiger partial charge in [-0.3, -0.25) is 0 Å². The molecule has 2 aromatic rings. The largest absolute Gasteiger partial charge is 0.336 e. The van der Waals surface area contributed by atoms with Gasteiger partial charge in [-0.15, -0.1) is 0 Å². The number of pyridine rings is 1. The molecule has 0 bridgehead atoms. The summed E-state index contributed by atoms with van der Waals surface area (Å²) in [6, 6.07) is 1.60. The van der Waals surface area contributed by atoms with Crippen molar-refractivity contribution < 1.29 is 12.9 Å². The molecule has 126 valence electrons. The molecule has 0 spiro atoms. The van der Waals surface area contributed by atoms with Gasteiger partial charge in [-0.05, 0) is 25.3 Å². The number of nitrogens with zero attached hydrogens (tertiary/aromatic N) is 3. The molecule has 3 rings (SSSR count). The molecule has 0 aliphatic heterocycles. The molecule has 0 N–H and O–H groups in total. The van der Waals surface area contributed by atoms with Gasteiger partial charge in [0.25, 0.3) is 5.71 Å². The molecule has 1 aliphatic carbocycles. The van der Waals surface area contributed by atoms with Gasteiger partial charge in [0.2, 0.25) is 10.0 Å². The highest BCUT2D eigenvalue weighted by atomic mass is 32.2. The normalized spacial score (nSPS) is 17.2. The van der Waals surface area contributed by atoms with E-state index in [1.165, 1.54) is 42.6 Å². The zero-order valence-electron chi connectivity index (χ0n) is 13.7. The van der Waals surface area contributed by atoms with Crippen LogP contribution in [-0.2, 0) is 10.0 Å². The van der Waals surface area contributed by atoms with Crippen LogP contribution in [0.2, 0.25) is 0 Å². The van der Waals surface area contributed by atoms with Gasteiger partial charge < -0.3 is 4.52 Å². The Morgan fingerprint density at radius 3 is 2.78 bits per heavy atom. The molecule has 0 saturated heterocycles. The maximum Gasteiger partial charge on any atom is 0.257 e. The number of sulfonamides is 1. The highest BCUT2D eigenvalue weighted by Crippen LogP contribution is 2.27. The molecule has 0 atom stereocenters. The van der Waals surface area contributed by atoms with Gasteiger partial charge in [0.15, 0.2) is 0 Å². The van der Waals surface area contributed by atoms with Crippen LogP contribution >= 0.6 is 0 Å². The Labute approximate surface area is 136 Å². The van der Waals surface area contributed by atoms with E-state index >= 15 is 0 Å². The van der Waals surface area contributed by atoms with Crippen LogP contribution in [-0.4, -0.2) is 36.5 Å². The summed E-state index contributed by atoms with van der Waals surface area (Å²) in [5.41, 5.74) is 1.01. The molecule has 1 saturated carbocycles. The van der Waals surface area contributed by atoms with Gasteiger partial charge in [-0.2, -0.15) is 0 Å². The fourth-order valence-electron chi connectivity index (χ4n) is 3.21. The molecule has 2 aromatic heterocycles. The van der Waals surface area contributed by atoms with E-state index in [-0.39, 0.29) is 4.90 Å². The van der Waals surface area contributed by atoms with Crippen LogP contribution in [0, 0.1) is 12.8 Å². The zero-order valence-corrected chi connectivity index (χ0v) is 14.5. The van der Waals surface area contributed by atoms with Crippen molar-refractivity contribution in [2.45, 2.75) is 50.3 Å². The maximum atomic E-state index is 12.7. The second kappa shape index (κ2) is 6.57. The van der Waals surface area contributed by atoms with Gasteiger partial charge in [0.1, 0.15) is 4.90 Å². The average Bonchev–Trinajstić information content (AvgIpc) is 2.94. The summed E-state index contributed by atoms with van der Waals surface area (Å²) in [7, 11) is -1.88. The first-order valence-electron chi connectivity index (χ1n) is 8.17. The summed E-state index contributed by atoms with van der Waals surface area (Å²) in [5, 5.41) is 4.46. The first-order valence-corrected chi connectivity index (χ1v) is 9.61. The molecule has 23 heavy (non-hydrogen) atoms. The number of aryl methyl sites for hydroxylation is 1. The lowest BCUT2D eigenvalue weighted by Gasteiger charge is -2.24. The Bertz CT molecular complexity index is 779. The number of rotatable bonds is 5. The van der Waals surface area contributed by atoms with Crippen molar-refractivity contribution in [3.05, 3.63) is 18.0 Å². The topological polar surface area (TPSA) is 76.3 Å². The molecule has 7 heteroatoms. The van der Waals surface area contributed by atoms with E-state index in [2.05, 4.69) is 10.1 Å². The third-order valence-corrected chi connectivity index (χ3v) is 6.59. The van der Waals surface area contributed by atoms with E-state index in [4.69, 9.17) is 4.52 Å². The smallest absolute Gasteiger partial charge is 0.257 e. The standard InChI is InChI=1S/C16H23N3O3S/c1-12-15-10-14(11-17-16(15)22-18-12)23(20,21)19(2)9-8-13-6-4-3-5-7-13/h10-11,13H,3-9H2,1-2H3. The summed E-state index contributed by atoms with van der Waals surface area (Å²) >= 11 is 0. The van der Waals surface area contributed by atoms with Gasteiger partial charge in [-0.1, -0.05) is 37.3 Å². The summed E-state index contributed by atoms with van der Waals surface area (Å²) in [6.07, 6.45) is 8.58. The molecule has 1 fully saturated rings. The molecular weight excluding hydrogens is 314 g/mol. The van der Waals surface area contributed by atoms with Crippen molar-refractivity contribution in [1.82, 2.24) is 14.4 Å². The Morgan fingerprint density at radius 2 is 2.04 bits per heavy atom. The number of hydrogen-bond acceptors (Lipinski definition) is 5. The highest BCUT2D eigenvalue weighted by Gasteiger charge is 2.24. The van der Waals surface area contributed by atoms with Crippen molar-refractivity contribution in [3.63, 3.8) is 0 Å². The van der Waals surface area contributed by atoms with Crippen molar-refractivity contribution in [3.8, 4) is 0 Å². The maximum absolute atomic E-state index is 12.7. The summed E-state index contributed by atoms with van der Waals surface area (Å²) in [5.74, 6) is 0.655. The molecule has 1 aliphatic rings. The fourth-order valence-corrected chi connectivity index (χ4v) is 4.37. The monoisotopic (exact) mass is 337 g/mol. The van der Waals surface area contributed by atoms with E-state index < -0.39 is 10.0 Å². The number of aromatic nitrogens is 2. The number of hydrogen-bond donors (Lipinski definition) is 0. The van der Waals surface area contributed by atoms with Crippen LogP contribution in [0.15, 0.2) is 21.7 Å². The lowest BCUT2D eigenvalue weighted by Crippen LogP contribution is -2.29. The predicted octanol–water partition coefficient (Wildman–Crippen LogP) is 3.12. The molecule has 0 aromatic carbocycles. The minimum Gasteiger partial charge on any atom is -0.336 e. The van der Waals surface area contributed by atoms with Crippen LogP contribution in [0.1, 0.15) is 44.2 Å². The van der Waals surface area contributed by atoms with Crippen molar-refractivity contribution in [2.75, 3.05) is 13.6 Å². The molecule has 0 unspecified atom stereocenters. The average molecular weight is 337 g/mol. The molecule has 0 amide bonds. The summed E-state index contributed by atoms with van der Waals surface area (Å²) in [4.78, 5) is 4.26. The Balaban J connectivity index is 1.74. The van der Waals surface area contributed by atoms with E-state index in [9.17, 15) is 8.42 Å². The zero-order chi connectivity index (χ0) is 16.4. The van der Waals surface area contributed by atoms with Gasteiger partial charge in [-0.25, -0.2) is 17.7 Å². The SMILES string of the molecule is Cc1noc2ncc(S(=O)(=O)N(C)CCC3CCCCC3)cc12. The van der Waals surface area contributed by atoms with Gasteiger partial charge in [0, 0.05) is 13.6 Å².